The zero-order valence-corrected chi connectivity index (χ0v) is 14.5. The Morgan fingerprint density at radius 1 is 1.33 bits per heavy atom. The topological polar surface area (TPSA) is 64.8 Å². The van der Waals surface area contributed by atoms with E-state index in [4.69, 9.17) is 15.2 Å². The Labute approximate surface area is 131 Å². The summed E-state index contributed by atoms with van der Waals surface area (Å²) >= 11 is 1.32. The summed E-state index contributed by atoms with van der Waals surface area (Å²) in [4.78, 5) is 14.3. The summed E-state index contributed by atoms with van der Waals surface area (Å²) < 4.78 is 10.6. The predicted octanol–water partition coefficient (Wildman–Crippen LogP) is 3.39. The van der Waals surface area contributed by atoms with Gasteiger partial charge in [0.1, 0.15) is 15.6 Å². The molecule has 6 heteroatoms. The van der Waals surface area contributed by atoms with Gasteiger partial charge in [0.25, 0.3) is 0 Å². The highest BCUT2D eigenvalue weighted by Crippen LogP contribution is 2.45. The molecule has 1 rings (SSSR count). The molecule has 1 aromatic rings. The van der Waals surface area contributed by atoms with Gasteiger partial charge < -0.3 is 20.1 Å². The first-order chi connectivity index (χ1) is 9.77. The summed E-state index contributed by atoms with van der Waals surface area (Å²) in [6.07, 6.45) is 1.05. The minimum absolute atomic E-state index is 0.00959. The largest absolute Gasteiger partial charge is 0.486 e. The number of methoxy groups -OCH3 is 1. The third-order valence-electron chi connectivity index (χ3n) is 3.00. The summed E-state index contributed by atoms with van der Waals surface area (Å²) in [5.41, 5.74) is 6.45. The van der Waals surface area contributed by atoms with Crippen molar-refractivity contribution in [3.05, 3.63) is 4.88 Å². The Kier molecular flexibility index (Phi) is 6.33. The number of hydrogen-bond donors (Lipinski definition) is 1. The lowest BCUT2D eigenvalue weighted by Crippen LogP contribution is -2.20. The van der Waals surface area contributed by atoms with Crippen LogP contribution in [-0.2, 0) is 4.74 Å². The standard InChI is InChI=1S/C15H26N2O3S/c1-9(2)7-8-17(5)14-12(20-10(3)4)11(16)13(21-14)15(18)19-6/h9-10H,7-8,16H2,1-6H3. The quantitative estimate of drug-likeness (QED) is 0.782. The van der Waals surface area contributed by atoms with E-state index in [0.29, 0.717) is 22.2 Å². The van der Waals surface area contributed by atoms with Gasteiger partial charge in [-0.05, 0) is 26.2 Å². The number of thiophene rings is 1. The molecule has 0 aliphatic heterocycles. The van der Waals surface area contributed by atoms with Gasteiger partial charge in [0.2, 0.25) is 0 Å². The summed E-state index contributed by atoms with van der Waals surface area (Å²) in [5, 5.41) is 0.877. The first-order valence-electron chi connectivity index (χ1n) is 7.16. The third-order valence-corrected chi connectivity index (χ3v) is 4.28. The van der Waals surface area contributed by atoms with E-state index in [0.717, 1.165) is 18.0 Å². The number of ether oxygens (including phenoxy) is 2. The van der Waals surface area contributed by atoms with Crippen molar-refractivity contribution < 1.29 is 14.3 Å². The Morgan fingerprint density at radius 3 is 2.43 bits per heavy atom. The van der Waals surface area contributed by atoms with E-state index in [1.807, 2.05) is 20.9 Å². The van der Waals surface area contributed by atoms with Crippen LogP contribution in [0.2, 0.25) is 0 Å². The van der Waals surface area contributed by atoms with Crippen LogP contribution in [0.1, 0.15) is 43.8 Å². The van der Waals surface area contributed by atoms with E-state index >= 15 is 0 Å². The molecule has 0 amide bonds. The molecule has 5 nitrogen and oxygen atoms in total. The molecule has 0 unspecified atom stereocenters. The van der Waals surface area contributed by atoms with Crippen LogP contribution in [0, 0.1) is 5.92 Å². The summed E-state index contributed by atoms with van der Waals surface area (Å²) in [5.74, 6) is 0.774. The summed E-state index contributed by atoms with van der Waals surface area (Å²) in [7, 11) is 3.34. The predicted molar refractivity (Wildman–Crippen MR) is 88.6 cm³/mol. The molecule has 0 fully saturated rings. The summed E-state index contributed by atoms with van der Waals surface area (Å²) in [6, 6.07) is 0. The molecular weight excluding hydrogens is 288 g/mol. The maximum absolute atomic E-state index is 11.8. The van der Waals surface area contributed by atoms with Crippen molar-refractivity contribution in [2.75, 3.05) is 31.3 Å². The SMILES string of the molecule is COC(=O)c1sc(N(C)CCC(C)C)c(OC(C)C)c1N. The first-order valence-corrected chi connectivity index (χ1v) is 7.97. The van der Waals surface area contributed by atoms with Gasteiger partial charge in [-0.15, -0.1) is 11.3 Å². The number of carbonyl (C=O) groups excluding carboxylic acids is 1. The van der Waals surface area contributed by atoms with Crippen molar-refractivity contribution >= 4 is 28.0 Å². The van der Waals surface area contributed by atoms with Gasteiger partial charge in [-0.3, -0.25) is 0 Å². The van der Waals surface area contributed by atoms with Crippen LogP contribution >= 0.6 is 11.3 Å². The monoisotopic (exact) mass is 314 g/mol. The Hall–Kier alpha value is -1.43. The second kappa shape index (κ2) is 7.54. The fourth-order valence-corrected chi connectivity index (χ4v) is 2.88. The lowest BCUT2D eigenvalue weighted by molar-refractivity contribution is 0.0607. The van der Waals surface area contributed by atoms with Gasteiger partial charge >= 0.3 is 5.97 Å². The second-order valence-electron chi connectivity index (χ2n) is 5.74. The molecule has 0 atom stereocenters. The van der Waals surface area contributed by atoms with E-state index in [1.54, 1.807) is 0 Å². The van der Waals surface area contributed by atoms with Crippen LogP contribution in [0.3, 0.4) is 0 Å². The van der Waals surface area contributed by atoms with Crippen LogP contribution < -0.4 is 15.4 Å². The smallest absolute Gasteiger partial charge is 0.350 e. The Balaban J connectivity index is 3.12. The normalized spacial score (nSPS) is 11.0. The molecule has 1 aromatic heterocycles. The van der Waals surface area contributed by atoms with Crippen LogP contribution in [0.15, 0.2) is 0 Å². The zero-order chi connectivity index (χ0) is 16.2. The lowest BCUT2D eigenvalue weighted by Gasteiger charge is -2.21. The number of nitrogens with zero attached hydrogens (tertiary/aromatic N) is 1. The highest BCUT2D eigenvalue weighted by molar-refractivity contribution is 7.19. The van der Waals surface area contributed by atoms with Crippen LogP contribution in [-0.4, -0.2) is 32.8 Å². The molecule has 0 aromatic carbocycles. The van der Waals surface area contributed by atoms with Gasteiger partial charge in [-0.25, -0.2) is 4.79 Å². The molecule has 2 N–H and O–H groups in total. The van der Waals surface area contributed by atoms with Crippen LogP contribution in [0.5, 0.6) is 5.75 Å². The maximum atomic E-state index is 11.8. The van der Waals surface area contributed by atoms with Gasteiger partial charge in [0.05, 0.1) is 13.2 Å². The molecule has 21 heavy (non-hydrogen) atoms. The molecule has 0 spiro atoms. The maximum Gasteiger partial charge on any atom is 0.350 e. The number of nitrogen functional groups attached to an aromatic ring is 1. The van der Waals surface area contributed by atoms with E-state index < -0.39 is 5.97 Å². The van der Waals surface area contributed by atoms with E-state index in [2.05, 4.69) is 18.7 Å². The van der Waals surface area contributed by atoms with Gasteiger partial charge in [-0.2, -0.15) is 0 Å². The van der Waals surface area contributed by atoms with Gasteiger partial charge in [0, 0.05) is 13.6 Å². The van der Waals surface area contributed by atoms with Crippen molar-refractivity contribution in [3.8, 4) is 5.75 Å². The van der Waals surface area contributed by atoms with Crippen molar-refractivity contribution in [1.82, 2.24) is 0 Å². The minimum Gasteiger partial charge on any atom is -0.486 e. The molecule has 0 aliphatic carbocycles. The molecule has 0 bridgehead atoms. The fraction of sp³-hybridized carbons (Fsp3) is 0.667. The fourth-order valence-electron chi connectivity index (χ4n) is 1.81. The van der Waals surface area contributed by atoms with E-state index in [-0.39, 0.29) is 6.10 Å². The molecular formula is C15H26N2O3S. The van der Waals surface area contributed by atoms with Crippen molar-refractivity contribution in [3.63, 3.8) is 0 Å². The van der Waals surface area contributed by atoms with Gasteiger partial charge in [0.15, 0.2) is 5.75 Å². The first kappa shape index (κ1) is 17.6. The molecule has 0 radical (unpaired) electrons. The van der Waals surface area contributed by atoms with E-state index in [1.165, 1.54) is 18.4 Å². The number of esters is 1. The second-order valence-corrected chi connectivity index (χ2v) is 6.74. The van der Waals surface area contributed by atoms with Crippen molar-refractivity contribution in [1.29, 1.82) is 0 Å². The lowest BCUT2D eigenvalue weighted by atomic mass is 10.1. The average molecular weight is 314 g/mol. The Bertz CT molecular complexity index is 484. The van der Waals surface area contributed by atoms with Crippen molar-refractivity contribution in [2.45, 2.75) is 40.2 Å². The number of anilines is 2. The summed E-state index contributed by atoms with van der Waals surface area (Å²) in [6.45, 7) is 9.12. The minimum atomic E-state index is -0.422. The number of hydrogen-bond acceptors (Lipinski definition) is 6. The van der Waals surface area contributed by atoms with Crippen LogP contribution in [0.4, 0.5) is 10.7 Å². The number of rotatable bonds is 7. The van der Waals surface area contributed by atoms with Crippen LogP contribution in [0.25, 0.3) is 0 Å². The van der Waals surface area contributed by atoms with Crippen molar-refractivity contribution in [2.24, 2.45) is 5.92 Å². The van der Waals surface area contributed by atoms with Gasteiger partial charge in [-0.1, -0.05) is 13.8 Å². The molecule has 0 saturated carbocycles. The highest BCUT2D eigenvalue weighted by atomic mass is 32.1. The zero-order valence-electron chi connectivity index (χ0n) is 13.7. The Morgan fingerprint density at radius 2 is 1.95 bits per heavy atom. The molecule has 0 saturated heterocycles. The number of nitrogens with two attached hydrogens (primary N) is 1. The average Bonchev–Trinajstić information content (AvgIpc) is 2.72. The molecule has 120 valence electrons. The highest BCUT2D eigenvalue weighted by Gasteiger charge is 2.25. The number of carbonyl (C=O) groups is 1. The molecule has 0 aliphatic rings. The van der Waals surface area contributed by atoms with E-state index in [9.17, 15) is 4.79 Å². The third kappa shape index (κ3) is 4.52. The molecule has 1 heterocycles.